The molecule has 1 saturated heterocycles. The predicted molar refractivity (Wildman–Crippen MR) is 74.7 cm³/mol. The first-order valence-electron chi connectivity index (χ1n) is 6.79. The van der Waals surface area contributed by atoms with Gasteiger partial charge in [-0.15, -0.1) is 0 Å². The summed E-state index contributed by atoms with van der Waals surface area (Å²) in [6.07, 6.45) is 0.173. The summed E-state index contributed by atoms with van der Waals surface area (Å²) >= 11 is 0. The van der Waals surface area contributed by atoms with E-state index in [1.54, 1.807) is 0 Å². The Balaban J connectivity index is 2.02. The van der Waals surface area contributed by atoms with Crippen molar-refractivity contribution in [1.29, 1.82) is 0 Å². The van der Waals surface area contributed by atoms with Crippen molar-refractivity contribution < 1.29 is 9.53 Å². The standard InChI is InChI=1S/C15H22N2O2/c1-11(2)19-9-8-17-14(18)10-16-15(17)13-6-4-12(3)5-7-13/h4-7,11,15-16H,8-10H2,1-3H3. The van der Waals surface area contributed by atoms with Crippen LogP contribution in [0, 0.1) is 6.92 Å². The van der Waals surface area contributed by atoms with Crippen LogP contribution in [-0.2, 0) is 9.53 Å². The molecule has 1 N–H and O–H groups in total. The third-order valence-corrected chi connectivity index (χ3v) is 3.26. The quantitative estimate of drug-likeness (QED) is 0.880. The van der Waals surface area contributed by atoms with Crippen LogP contribution < -0.4 is 5.32 Å². The van der Waals surface area contributed by atoms with Crippen molar-refractivity contribution in [3.63, 3.8) is 0 Å². The van der Waals surface area contributed by atoms with Crippen molar-refractivity contribution >= 4 is 5.91 Å². The highest BCUT2D eigenvalue weighted by atomic mass is 16.5. The number of nitrogens with one attached hydrogen (secondary N) is 1. The number of carbonyl (C=O) groups excluding carboxylic acids is 1. The van der Waals surface area contributed by atoms with E-state index in [1.807, 2.05) is 18.7 Å². The molecule has 4 nitrogen and oxygen atoms in total. The molecule has 0 bridgehead atoms. The van der Waals surface area contributed by atoms with Gasteiger partial charge in [-0.1, -0.05) is 29.8 Å². The molecule has 1 fully saturated rings. The number of benzene rings is 1. The molecule has 0 aliphatic carbocycles. The molecule has 0 spiro atoms. The van der Waals surface area contributed by atoms with E-state index in [9.17, 15) is 4.79 Å². The maximum atomic E-state index is 11.9. The number of nitrogens with zero attached hydrogens (tertiary/aromatic N) is 1. The van der Waals surface area contributed by atoms with Gasteiger partial charge in [0.25, 0.3) is 0 Å². The third kappa shape index (κ3) is 3.55. The van der Waals surface area contributed by atoms with Gasteiger partial charge in [-0.25, -0.2) is 0 Å². The summed E-state index contributed by atoms with van der Waals surface area (Å²) < 4.78 is 5.53. The summed E-state index contributed by atoms with van der Waals surface area (Å²) in [4.78, 5) is 13.8. The Morgan fingerprint density at radius 2 is 2.05 bits per heavy atom. The highest BCUT2D eigenvalue weighted by molar-refractivity contribution is 5.80. The minimum absolute atomic E-state index is 0.0242. The molecule has 1 aromatic carbocycles. The second-order valence-corrected chi connectivity index (χ2v) is 5.20. The van der Waals surface area contributed by atoms with Crippen LogP contribution in [0.5, 0.6) is 0 Å². The summed E-state index contributed by atoms with van der Waals surface area (Å²) in [7, 11) is 0. The maximum absolute atomic E-state index is 11.9. The molecule has 1 heterocycles. The highest BCUT2D eigenvalue weighted by Crippen LogP contribution is 2.22. The summed E-state index contributed by atoms with van der Waals surface area (Å²) in [5.41, 5.74) is 2.35. The van der Waals surface area contributed by atoms with Crippen LogP contribution in [0.1, 0.15) is 31.1 Å². The van der Waals surface area contributed by atoms with E-state index in [2.05, 4.69) is 36.5 Å². The van der Waals surface area contributed by atoms with Crippen LogP contribution in [0.25, 0.3) is 0 Å². The highest BCUT2D eigenvalue weighted by Gasteiger charge is 2.30. The number of ether oxygens (including phenoxy) is 1. The fraction of sp³-hybridized carbons (Fsp3) is 0.533. The van der Waals surface area contributed by atoms with Crippen LogP contribution in [0.4, 0.5) is 0 Å². The molecule has 0 radical (unpaired) electrons. The lowest BCUT2D eigenvalue weighted by molar-refractivity contribution is -0.129. The summed E-state index contributed by atoms with van der Waals surface area (Å²) in [5.74, 6) is 0.137. The number of hydrogen-bond donors (Lipinski definition) is 1. The number of aryl methyl sites for hydroxylation is 1. The van der Waals surface area contributed by atoms with E-state index < -0.39 is 0 Å². The lowest BCUT2D eigenvalue weighted by atomic mass is 10.1. The molecule has 1 aliphatic heterocycles. The molecule has 1 unspecified atom stereocenters. The van der Waals surface area contributed by atoms with Gasteiger partial charge in [0.05, 0.1) is 19.3 Å². The Labute approximate surface area is 114 Å². The molecule has 1 aromatic rings. The van der Waals surface area contributed by atoms with Gasteiger partial charge in [-0.05, 0) is 26.3 Å². The van der Waals surface area contributed by atoms with Crippen molar-refractivity contribution in [2.45, 2.75) is 33.0 Å². The van der Waals surface area contributed by atoms with Gasteiger partial charge in [-0.3, -0.25) is 10.1 Å². The zero-order valence-electron chi connectivity index (χ0n) is 11.8. The SMILES string of the molecule is Cc1ccc(C2NCC(=O)N2CCOC(C)C)cc1. The average molecular weight is 262 g/mol. The number of rotatable bonds is 5. The molecule has 4 heteroatoms. The van der Waals surface area contributed by atoms with Gasteiger partial charge < -0.3 is 9.64 Å². The van der Waals surface area contributed by atoms with Gasteiger partial charge in [0, 0.05) is 6.54 Å². The Bertz CT molecular complexity index is 428. The van der Waals surface area contributed by atoms with E-state index >= 15 is 0 Å². The van der Waals surface area contributed by atoms with E-state index in [1.165, 1.54) is 5.56 Å². The van der Waals surface area contributed by atoms with Gasteiger partial charge in [-0.2, -0.15) is 0 Å². The second kappa shape index (κ2) is 6.17. The zero-order chi connectivity index (χ0) is 13.8. The number of carbonyl (C=O) groups is 1. The topological polar surface area (TPSA) is 41.6 Å². The smallest absolute Gasteiger partial charge is 0.238 e. The third-order valence-electron chi connectivity index (χ3n) is 3.26. The predicted octanol–water partition coefficient (Wildman–Crippen LogP) is 1.85. The molecule has 0 saturated carbocycles. The Morgan fingerprint density at radius 1 is 1.37 bits per heavy atom. The molecule has 0 aromatic heterocycles. The van der Waals surface area contributed by atoms with Crippen molar-refractivity contribution in [3.05, 3.63) is 35.4 Å². The normalized spacial score (nSPS) is 19.5. The molecule has 2 rings (SSSR count). The average Bonchev–Trinajstić information content (AvgIpc) is 2.72. The van der Waals surface area contributed by atoms with Gasteiger partial charge >= 0.3 is 0 Å². The van der Waals surface area contributed by atoms with E-state index in [4.69, 9.17) is 4.74 Å². The maximum Gasteiger partial charge on any atom is 0.238 e. The largest absolute Gasteiger partial charge is 0.377 e. The first-order chi connectivity index (χ1) is 9.08. The fourth-order valence-corrected chi connectivity index (χ4v) is 2.23. The van der Waals surface area contributed by atoms with E-state index in [-0.39, 0.29) is 18.2 Å². The lowest BCUT2D eigenvalue weighted by Gasteiger charge is -2.25. The number of amides is 1. The van der Waals surface area contributed by atoms with Crippen LogP contribution in [0.15, 0.2) is 24.3 Å². The molecule has 1 atom stereocenters. The van der Waals surface area contributed by atoms with E-state index in [0.29, 0.717) is 19.7 Å². The van der Waals surface area contributed by atoms with Crippen LogP contribution in [0.2, 0.25) is 0 Å². The zero-order valence-corrected chi connectivity index (χ0v) is 11.8. The summed E-state index contributed by atoms with van der Waals surface area (Å²) in [5, 5.41) is 3.25. The van der Waals surface area contributed by atoms with E-state index in [0.717, 1.165) is 5.56 Å². The van der Waals surface area contributed by atoms with Gasteiger partial charge in [0.1, 0.15) is 6.17 Å². The summed E-state index contributed by atoms with van der Waals surface area (Å²) in [6.45, 7) is 7.67. The molecule has 19 heavy (non-hydrogen) atoms. The Hall–Kier alpha value is -1.39. The summed E-state index contributed by atoms with van der Waals surface area (Å²) in [6, 6.07) is 8.29. The first-order valence-corrected chi connectivity index (χ1v) is 6.79. The first kappa shape index (κ1) is 14.0. The van der Waals surface area contributed by atoms with Crippen LogP contribution >= 0.6 is 0 Å². The van der Waals surface area contributed by atoms with Gasteiger partial charge in [0.15, 0.2) is 0 Å². The fourth-order valence-electron chi connectivity index (χ4n) is 2.23. The van der Waals surface area contributed by atoms with Crippen molar-refractivity contribution in [2.24, 2.45) is 0 Å². The van der Waals surface area contributed by atoms with Crippen molar-refractivity contribution in [1.82, 2.24) is 10.2 Å². The Morgan fingerprint density at radius 3 is 2.68 bits per heavy atom. The van der Waals surface area contributed by atoms with Crippen molar-refractivity contribution in [2.75, 3.05) is 19.7 Å². The monoisotopic (exact) mass is 262 g/mol. The van der Waals surface area contributed by atoms with Gasteiger partial charge in [0.2, 0.25) is 5.91 Å². The molecule has 1 aliphatic rings. The Kier molecular flexibility index (Phi) is 4.56. The minimum Gasteiger partial charge on any atom is -0.377 e. The molecular weight excluding hydrogens is 240 g/mol. The molecular formula is C15H22N2O2. The van der Waals surface area contributed by atoms with Crippen LogP contribution in [0.3, 0.4) is 0 Å². The lowest BCUT2D eigenvalue weighted by Crippen LogP contribution is -2.33. The molecule has 104 valence electrons. The second-order valence-electron chi connectivity index (χ2n) is 5.20. The number of hydrogen-bond acceptors (Lipinski definition) is 3. The molecule has 1 amide bonds. The minimum atomic E-state index is -0.0242. The van der Waals surface area contributed by atoms with Crippen molar-refractivity contribution in [3.8, 4) is 0 Å². The van der Waals surface area contributed by atoms with Crippen LogP contribution in [-0.4, -0.2) is 36.6 Å².